The molecule has 0 aliphatic carbocycles. The van der Waals surface area contributed by atoms with Crippen molar-refractivity contribution < 1.29 is 0 Å². The van der Waals surface area contributed by atoms with Crippen LogP contribution in [-0.2, 0) is 0 Å². The highest BCUT2D eigenvalue weighted by molar-refractivity contribution is 6.34. The summed E-state index contributed by atoms with van der Waals surface area (Å²) in [5, 5.41) is 0.900. The largest absolute Gasteiger partial charge is 0.223 e. The first-order chi connectivity index (χ1) is 7.18. The van der Waals surface area contributed by atoms with E-state index >= 15 is 0 Å². The number of hydrogen-bond donors (Lipinski definition) is 0. The Hall–Kier alpha value is -1.05. The Balaban J connectivity index is 2.59. The van der Waals surface area contributed by atoms with Crippen LogP contribution in [0.15, 0.2) is 36.4 Å². The van der Waals surface area contributed by atoms with Gasteiger partial charge in [0.15, 0.2) is 0 Å². The molecule has 0 amide bonds. The number of hydrogen-bond acceptors (Lipinski definition) is 1. The second-order valence-corrected chi connectivity index (χ2v) is 4.02. The Morgan fingerprint density at radius 3 is 2.33 bits per heavy atom. The zero-order valence-corrected chi connectivity index (χ0v) is 9.68. The summed E-state index contributed by atoms with van der Waals surface area (Å²) in [5.41, 5.74) is 2.90. The number of aryl methyl sites for hydroxylation is 1. The summed E-state index contributed by atoms with van der Waals surface area (Å²) in [5.74, 6) is 0. The molecule has 1 nitrogen and oxygen atoms in total. The molecular weight excluding hydrogens is 229 g/mol. The molecule has 0 unspecified atom stereocenters. The lowest BCUT2D eigenvalue weighted by Crippen LogP contribution is -1.87. The van der Waals surface area contributed by atoms with Crippen LogP contribution in [-0.4, -0.2) is 4.98 Å². The van der Waals surface area contributed by atoms with Crippen molar-refractivity contribution in [2.45, 2.75) is 6.92 Å². The van der Waals surface area contributed by atoms with Gasteiger partial charge < -0.3 is 0 Å². The van der Waals surface area contributed by atoms with Gasteiger partial charge in [0.05, 0.1) is 0 Å². The van der Waals surface area contributed by atoms with Crippen LogP contribution in [0.4, 0.5) is 0 Å². The fourth-order valence-corrected chi connectivity index (χ4v) is 1.82. The van der Waals surface area contributed by atoms with Crippen LogP contribution in [0.2, 0.25) is 10.3 Å². The van der Waals surface area contributed by atoms with Gasteiger partial charge in [-0.2, -0.15) is 0 Å². The molecular formula is C12H9Cl2N. The minimum atomic E-state index is 0.441. The fourth-order valence-electron chi connectivity index (χ4n) is 1.39. The molecule has 0 saturated carbocycles. The SMILES string of the molecule is Cc1cc(-c2ccccc2)c(Cl)nc1Cl. The summed E-state index contributed by atoms with van der Waals surface area (Å²) in [4.78, 5) is 4.08. The molecule has 0 radical (unpaired) electrons. The summed E-state index contributed by atoms with van der Waals surface area (Å²) in [6.07, 6.45) is 0. The summed E-state index contributed by atoms with van der Waals surface area (Å²) in [7, 11) is 0. The molecule has 76 valence electrons. The predicted molar refractivity (Wildman–Crippen MR) is 64.4 cm³/mol. The third-order valence-electron chi connectivity index (χ3n) is 2.19. The zero-order chi connectivity index (χ0) is 10.8. The Morgan fingerprint density at radius 2 is 1.67 bits per heavy atom. The first-order valence-corrected chi connectivity index (χ1v) is 5.32. The molecule has 2 aromatic rings. The lowest BCUT2D eigenvalue weighted by Gasteiger charge is -2.06. The Labute approximate surface area is 98.7 Å². The van der Waals surface area contributed by atoms with Crippen LogP contribution in [0.5, 0.6) is 0 Å². The molecule has 1 aromatic heterocycles. The van der Waals surface area contributed by atoms with Gasteiger partial charge in [0.1, 0.15) is 10.3 Å². The zero-order valence-electron chi connectivity index (χ0n) is 8.17. The van der Waals surface area contributed by atoms with Crippen LogP contribution in [0.1, 0.15) is 5.56 Å². The van der Waals surface area contributed by atoms with Gasteiger partial charge in [-0.1, -0.05) is 53.5 Å². The second kappa shape index (κ2) is 4.21. The molecule has 2 rings (SSSR count). The van der Waals surface area contributed by atoms with E-state index < -0.39 is 0 Å². The van der Waals surface area contributed by atoms with Gasteiger partial charge in [0.25, 0.3) is 0 Å². The molecule has 0 aliphatic rings. The van der Waals surface area contributed by atoms with Gasteiger partial charge in [0, 0.05) is 5.56 Å². The average Bonchev–Trinajstić information content (AvgIpc) is 2.25. The molecule has 1 aromatic carbocycles. The standard InChI is InChI=1S/C12H9Cl2N/c1-8-7-10(12(14)15-11(8)13)9-5-3-2-4-6-9/h2-7H,1H3. The summed E-state index contributed by atoms with van der Waals surface area (Å²) in [6.45, 7) is 1.91. The van der Waals surface area contributed by atoms with Crippen molar-refractivity contribution in [3.63, 3.8) is 0 Å². The van der Waals surface area contributed by atoms with Gasteiger partial charge in [0.2, 0.25) is 0 Å². The van der Waals surface area contributed by atoms with E-state index in [2.05, 4.69) is 4.98 Å². The third-order valence-corrected chi connectivity index (χ3v) is 2.86. The topological polar surface area (TPSA) is 12.9 Å². The first kappa shape index (κ1) is 10.5. The normalized spacial score (nSPS) is 10.3. The number of rotatable bonds is 1. The predicted octanol–water partition coefficient (Wildman–Crippen LogP) is 4.36. The van der Waals surface area contributed by atoms with Gasteiger partial charge in [-0.25, -0.2) is 4.98 Å². The van der Waals surface area contributed by atoms with Gasteiger partial charge in [-0.15, -0.1) is 0 Å². The van der Waals surface area contributed by atoms with Crippen molar-refractivity contribution in [2.75, 3.05) is 0 Å². The van der Waals surface area contributed by atoms with Crippen LogP contribution in [0, 0.1) is 6.92 Å². The van der Waals surface area contributed by atoms with Gasteiger partial charge >= 0.3 is 0 Å². The van der Waals surface area contributed by atoms with E-state index in [4.69, 9.17) is 23.2 Å². The van der Waals surface area contributed by atoms with Gasteiger partial charge in [-0.05, 0) is 24.1 Å². The summed E-state index contributed by atoms with van der Waals surface area (Å²) < 4.78 is 0. The number of pyridine rings is 1. The highest BCUT2D eigenvalue weighted by Gasteiger charge is 2.07. The number of benzene rings is 1. The van der Waals surface area contributed by atoms with Crippen LogP contribution < -0.4 is 0 Å². The smallest absolute Gasteiger partial charge is 0.138 e. The van der Waals surface area contributed by atoms with Crippen molar-refractivity contribution in [1.29, 1.82) is 0 Å². The Bertz CT molecular complexity index is 480. The van der Waals surface area contributed by atoms with E-state index in [0.717, 1.165) is 16.7 Å². The van der Waals surface area contributed by atoms with Crippen molar-refractivity contribution in [3.8, 4) is 11.1 Å². The quantitative estimate of drug-likeness (QED) is 0.672. The maximum atomic E-state index is 6.04. The molecule has 3 heteroatoms. The van der Waals surface area contributed by atoms with Crippen molar-refractivity contribution in [1.82, 2.24) is 4.98 Å². The second-order valence-electron chi connectivity index (χ2n) is 3.30. The maximum absolute atomic E-state index is 6.04. The van der Waals surface area contributed by atoms with E-state index in [1.807, 2.05) is 43.3 Å². The third kappa shape index (κ3) is 2.14. The van der Waals surface area contributed by atoms with Crippen LogP contribution in [0.3, 0.4) is 0 Å². The van der Waals surface area contributed by atoms with Crippen LogP contribution in [0.25, 0.3) is 11.1 Å². The lowest BCUT2D eigenvalue weighted by atomic mass is 10.1. The minimum absolute atomic E-state index is 0.441. The van der Waals surface area contributed by atoms with E-state index in [1.165, 1.54) is 0 Å². The molecule has 1 heterocycles. The van der Waals surface area contributed by atoms with E-state index in [-0.39, 0.29) is 0 Å². The number of aromatic nitrogens is 1. The molecule has 0 N–H and O–H groups in total. The van der Waals surface area contributed by atoms with E-state index in [1.54, 1.807) is 0 Å². The number of nitrogens with zero attached hydrogens (tertiary/aromatic N) is 1. The molecule has 0 spiro atoms. The highest BCUT2D eigenvalue weighted by Crippen LogP contribution is 2.29. The Morgan fingerprint density at radius 1 is 1.00 bits per heavy atom. The molecule has 0 atom stereocenters. The summed E-state index contributed by atoms with van der Waals surface area (Å²) >= 11 is 11.9. The minimum Gasteiger partial charge on any atom is -0.223 e. The molecule has 0 fully saturated rings. The summed E-state index contributed by atoms with van der Waals surface area (Å²) in [6, 6.07) is 11.8. The average molecular weight is 238 g/mol. The maximum Gasteiger partial charge on any atom is 0.138 e. The molecule has 0 aliphatic heterocycles. The monoisotopic (exact) mass is 237 g/mol. The van der Waals surface area contributed by atoms with Crippen LogP contribution >= 0.6 is 23.2 Å². The fraction of sp³-hybridized carbons (Fsp3) is 0.0833. The van der Waals surface area contributed by atoms with Crippen molar-refractivity contribution in [2.24, 2.45) is 0 Å². The molecule has 15 heavy (non-hydrogen) atoms. The molecule has 0 saturated heterocycles. The molecule has 0 bridgehead atoms. The van der Waals surface area contributed by atoms with Gasteiger partial charge in [-0.3, -0.25) is 0 Å². The first-order valence-electron chi connectivity index (χ1n) is 4.56. The Kier molecular flexibility index (Phi) is 2.94. The van der Waals surface area contributed by atoms with Crippen molar-refractivity contribution in [3.05, 3.63) is 52.3 Å². The number of halogens is 2. The highest BCUT2D eigenvalue weighted by atomic mass is 35.5. The van der Waals surface area contributed by atoms with Crippen molar-refractivity contribution >= 4 is 23.2 Å². The lowest BCUT2D eigenvalue weighted by molar-refractivity contribution is 1.27. The van der Waals surface area contributed by atoms with E-state index in [9.17, 15) is 0 Å². The van der Waals surface area contributed by atoms with E-state index in [0.29, 0.717) is 10.3 Å².